The molecular formula is C17H25N3O. The van der Waals surface area contributed by atoms with Crippen molar-refractivity contribution < 1.29 is 4.79 Å². The summed E-state index contributed by atoms with van der Waals surface area (Å²) in [5.74, 6) is 1.00. The van der Waals surface area contributed by atoms with Crippen molar-refractivity contribution in [3.63, 3.8) is 0 Å². The van der Waals surface area contributed by atoms with Crippen LogP contribution in [0.25, 0.3) is 0 Å². The van der Waals surface area contributed by atoms with Crippen LogP contribution in [0.3, 0.4) is 0 Å². The molecule has 0 saturated carbocycles. The highest BCUT2D eigenvalue weighted by molar-refractivity contribution is 5.87. The maximum absolute atomic E-state index is 11.6. The first kappa shape index (κ1) is 15.5. The molecule has 1 N–H and O–H groups in total. The number of pyridine rings is 1. The topological polar surface area (TPSA) is 45.2 Å². The minimum absolute atomic E-state index is 0.0494. The molecule has 0 aromatic carbocycles. The van der Waals surface area contributed by atoms with E-state index in [0.29, 0.717) is 6.54 Å². The molecule has 114 valence electrons. The van der Waals surface area contributed by atoms with Gasteiger partial charge in [0.15, 0.2) is 0 Å². The van der Waals surface area contributed by atoms with Gasteiger partial charge in [0.05, 0.1) is 0 Å². The van der Waals surface area contributed by atoms with Gasteiger partial charge in [0.25, 0.3) is 0 Å². The van der Waals surface area contributed by atoms with E-state index >= 15 is 0 Å². The highest BCUT2D eigenvalue weighted by Crippen LogP contribution is 2.17. The second-order valence-corrected chi connectivity index (χ2v) is 5.87. The van der Waals surface area contributed by atoms with E-state index in [4.69, 9.17) is 0 Å². The average Bonchev–Trinajstić information content (AvgIpc) is 2.74. The Balaban J connectivity index is 1.89. The number of nitrogens with zero attached hydrogens (tertiary/aromatic N) is 2. The molecule has 1 aromatic heterocycles. The van der Waals surface area contributed by atoms with E-state index in [2.05, 4.69) is 27.3 Å². The SMILES string of the molecule is CC(C)=CC(=O)NCc1ccc(N2CCCCCC2)nc1. The van der Waals surface area contributed by atoms with Gasteiger partial charge in [0, 0.05) is 31.9 Å². The van der Waals surface area contributed by atoms with Gasteiger partial charge >= 0.3 is 0 Å². The molecule has 0 aliphatic carbocycles. The van der Waals surface area contributed by atoms with E-state index in [-0.39, 0.29) is 5.91 Å². The number of hydrogen-bond donors (Lipinski definition) is 1. The van der Waals surface area contributed by atoms with Crippen molar-refractivity contribution >= 4 is 11.7 Å². The predicted octanol–water partition coefficient (Wildman–Crippen LogP) is 3.04. The lowest BCUT2D eigenvalue weighted by Crippen LogP contribution is -2.25. The lowest BCUT2D eigenvalue weighted by atomic mass is 10.2. The Morgan fingerprint density at radius 3 is 2.52 bits per heavy atom. The molecule has 0 radical (unpaired) electrons. The van der Waals surface area contributed by atoms with Crippen LogP contribution in [0.15, 0.2) is 30.0 Å². The van der Waals surface area contributed by atoms with E-state index in [1.54, 1.807) is 6.08 Å². The number of hydrogen-bond acceptors (Lipinski definition) is 3. The molecule has 0 atom stereocenters. The van der Waals surface area contributed by atoms with Gasteiger partial charge in [-0.25, -0.2) is 4.98 Å². The summed E-state index contributed by atoms with van der Waals surface area (Å²) in [5, 5.41) is 2.87. The minimum atomic E-state index is -0.0494. The third kappa shape index (κ3) is 5.21. The smallest absolute Gasteiger partial charge is 0.244 e. The highest BCUT2D eigenvalue weighted by atomic mass is 16.1. The number of nitrogens with one attached hydrogen (secondary N) is 1. The Labute approximate surface area is 127 Å². The number of allylic oxidation sites excluding steroid dienone is 1. The third-order valence-corrected chi connectivity index (χ3v) is 3.63. The number of aromatic nitrogens is 1. The Hall–Kier alpha value is -1.84. The van der Waals surface area contributed by atoms with Crippen molar-refractivity contribution in [3.05, 3.63) is 35.5 Å². The highest BCUT2D eigenvalue weighted by Gasteiger charge is 2.10. The summed E-state index contributed by atoms with van der Waals surface area (Å²) < 4.78 is 0. The molecule has 2 heterocycles. The number of anilines is 1. The fourth-order valence-corrected chi connectivity index (χ4v) is 2.51. The molecule has 1 amide bonds. The fourth-order valence-electron chi connectivity index (χ4n) is 2.51. The molecular weight excluding hydrogens is 262 g/mol. The first-order chi connectivity index (χ1) is 10.1. The first-order valence-electron chi connectivity index (χ1n) is 7.78. The average molecular weight is 287 g/mol. The zero-order valence-corrected chi connectivity index (χ0v) is 13.1. The molecule has 0 spiro atoms. The minimum Gasteiger partial charge on any atom is -0.357 e. The summed E-state index contributed by atoms with van der Waals surface area (Å²) in [5.41, 5.74) is 2.03. The quantitative estimate of drug-likeness (QED) is 0.866. The zero-order valence-electron chi connectivity index (χ0n) is 13.1. The normalized spacial score (nSPS) is 15.2. The van der Waals surface area contributed by atoms with Crippen LogP contribution in [-0.4, -0.2) is 24.0 Å². The van der Waals surface area contributed by atoms with Crippen molar-refractivity contribution in [2.24, 2.45) is 0 Å². The predicted molar refractivity (Wildman–Crippen MR) is 86.2 cm³/mol. The second-order valence-electron chi connectivity index (χ2n) is 5.87. The fraction of sp³-hybridized carbons (Fsp3) is 0.529. The molecule has 2 rings (SSSR count). The van der Waals surface area contributed by atoms with E-state index in [1.165, 1.54) is 25.7 Å². The van der Waals surface area contributed by atoms with Crippen LogP contribution in [0.1, 0.15) is 45.1 Å². The Kier molecular flexibility index (Phi) is 5.78. The molecule has 1 aromatic rings. The van der Waals surface area contributed by atoms with E-state index in [0.717, 1.165) is 30.0 Å². The molecule has 1 saturated heterocycles. The second kappa shape index (κ2) is 7.81. The maximum atomic E-state index is 11.6. The lowest BCUT2D eigenvalue weighted by molar-refractivity contribution is -0.116. The summed E-state index contributed by atoms with van der Waals surface area (Å²) in [4.78, 5) is 18.5. The van der Waals surface area contributed by atoms with Gasteiger partial charge in [-0.1, -0.05) is 24.5 Å². The van der Waals surface area contributed by atoms with Crippen LogP contribution in [0, 0.1) is 0 Å². The van der Waals surface area contributed by atoms with Crippen LogP contribution in [0.4, 0.5) is 5.82 Å². The third-order valence-electron chi connectivity index (χ3n) is 3.63. The number of amides is 1. The molecule has 4 heteroatoms. The van der Waals surface area contributed by atoms with Crippen LogP contribution in [0.2, 0.25) is 0 Å². The van der Waals surface area contributed by atoms with Crippen LogP contribution >= 0.6 is 0 Å². The van der Waals surface area contributed by atoms with Gasteiger partial charge < -0.3 is 10.2 Å². The van der Waals surface area contributed by atoms with Crippen molar-refractivity contribution in [1.82, 2.24) is 10.3 Å². The molecule has 0 bridgehead atoms. The van der Waals surface area contributed by atoms with Crippen LogP contribution < -0.4 is 10.2 Å². The monoisotopic (exact) mass is 287 g/mol. The van der Waals surface area contributed by atoms with E-state index in [1.807, 2.05) is 20.0 Å². The molecule has 1 fully saturated rings. The Morgan fingerprint density at radius 2 is 1.95 bits per heavy atom. The number of carbonyl (C=O) groups excluding carboxylic acids is 1. The molecule has 0 unspecified atom stereocenters. The summed E-state index contributed by atoms with van der Waals surface area (Å²) >= 11 is 0. The summed E-state index contributed by atoms with van der Waals surface area (Å²) in [6.07, 6.45) is 8.63. The first-order valence-corrected chi connectivity index (χ1v) is 7.78. The maximum Gasteiger partial charge on any atom is 0.244 e. The molecule has 4 nitrogen and oxygen atoms in total. The Bertz CT molecular complexity index is 481. The van der Waals surface area contributed by atoms with Gasteiger partial charge in [-0.05, 0) is 38.3 Å². The van der Waals surface area contributed by atoms with E-state index < -0.39 is 0 Å². The molecule has 1 aliphatic heterocycles. The van der Waals surface area contributed by atoms with Crippen molar-refractivity contribution in [2.45, 2.75) is 46.1 Å². The van der Waals surface area contributed by atoms with Crippen molar-refractivity contribution in [1.29, 1.82) is 0 Å². The van der Waals surface area contributed by atoms with Crippen molar-refractivity contribution in [2.75, 3.05) is 18.0 Å². The number of rotatable bonds is 4. The van der Waals surface area contributed by atoms with E-state index in [9.17, 15) is 4.79 Å². The van der Waals surface area contributed by atoms with Gasteiger partial charge in [-0.2, -0.15) is 0 Å². The zero-order chi connectivity index (χ0) is 15.1. The molecule has 1 aliphatic rings. The van der Waals surface area contributed by atoms with Gasteiger partial charge in [0.2, 0.25) is 5.91 Å². The van der Waals surface area contributed by atoms with Crippen molar-refractivity contribution in [3.8, 4) is 0 Å². The number of carbonyl (C=O) groups is 1. The van der Waals surface area contributed by atoms with Gasteiger partial charge in [0.1, 0.15) is 5.82 Å². The lowest BCUT2D eigenvalue weighted by Gasteiger charge is -2.21. The summed E-state index contributed by atoms with van der Waals surface area (Å²) in [6, 6.07) is 4.11. The van der Waals surface area contributed by atoms with Crippen LogP contribution in [0.5, 0.6) is 0 Å². The van der Waals surface area contributed by atoms with Crippen LogP contribution in [-0.2, 0) is 11.3 Å². The standard InChI is InChI=1S/C17H25N3O/c1-14(2)11-17(21)19-13-15-7-8-16(18-12-15)20-9-5-3-4-6-10-20/h7-8,11-12H,3-6,9-10,13H2,1-2H3,(H,19,21). The summed E-state index contributed by atoms with van der Waals surface area (Å²) in [6.45, 7) is 6.55. The summed E-state index contributed by atoms with van der Waals surface area (Å²) in [7, 11) is 0. The Morgan fingerprint density at radius 1 is 1.24 bits per heavy atom. The largest absolute Gasteiger partial charge is 0.357 e. The van der Waals surface area contributed by atoms with Gasteiger partial charge in [-0.3, -0.25) is 4.79 Å². The van der Waals surface area contributed by atoms with Gasteiger partial charge in [-0.15, -0.1) is 0 Å². The molecule has 21 heavy (non-hydrogen) atoms.